The van der Waals surface area contributed by atoms with Crippen LogP contribution >= 0.6 is 0 Å². The lowest BCUT2D eigenvalue weighted by Crippen LogP contribution is -2.44. The highest BCUT2D eigenvalue weighted by Crippen LogP contribution is 2.37. The zero-order valence-corrected chi connectivity index (χ0v) is 14.5. The molecular weight excluding hydrogens is 320 g/mol. The van der Waals surface area contributed by atoms with Crippen molar-refractivity contribution in [1.82, 2.24) is 20.4 Å². The normalized spacial score (nSPS) is 20.6. The minimum atomic E-state index is 0.133. The summed E-state index contributed by atoms with van der Waals surface area (Å²) in [5, 5.41) is 7.55. The number of piperazine rings is 1. The van der Waals surface area contributed by atoms with Crippen LogP contribution in [0.3, 0.4) is 0 Å². The largest absolute Gasteiger partial charge is 0.490 e. The number of hydrogen-bond donors (Lipinski definition) is 1. The standard InChI is InChI=1S/C18H22N4O3/c1-3-23-15-6-4-5-12-9-13(11-24-16(12)15)18-20-17(21-25-18)14-10-19-7-8-22(14)2/h4-6,9,14,19H,3,7-8,10-11H2,1-2H3. The van der Waals surface area contributed by atoms with Gasteiger partial charge < -0.3 is 19.3 Å². The number of benzene rings is 1. The van der Waals surface area contributed by atoms with E-state index in [1.54, 1.807) is 0 Å². The predicted octanol–water partition coefficient (Wildman–Crippen LogP) is 1.98. The van der Waals surface area contributed by atoms with Gasteiger partial charge in [0.05, 0.1) is 18.2 Å². The molecule has 1 aromatic carbocycles. The van der Waals surface area contributed by atoms with E-state index >= 15 is 0 Å². The van der Waals surface area contributed by atoms with Crippen molar-refractivity contribution in [2.45, 2.75) is 13.0 Å². The third-order valence-corrected chi connectivity index (χ3v) is 4.54. The summed E-state index contributed by atoms with van der Waals surface area (Å²) in [7, 11) is 2.08. The molecule has 25 heavy (non-hydrogen) atoms. The van der Waals surface area contributed by atoms with Crippen LogP contribution in [-0.2, 0) is 0 Å². The van der Waals surface area contributed by atoms with Gasteiger partial charge in [0.15, 0.2) is 17.3 Å². The van der Waals surface area contributed by atoms with Gasteiger partial charge in [0.1, 0.15) is 6.61 Å². The molecule has 1 atom stereocenters. The average Bonchev–Trinajstić information content (AvgIpc) is 3.12. The molecular formula is C18H22N4O3. The van der Waals surface area contributed by atoms with E-state index in [-0.39, 0.29) is 6.04 Å². The first-order valence-corrected chi connectivity index (χ1v) is 8.60. The first kappa shape index (κ1) is 16.1. The molecule has 0 amide bonds. The highest BCUT2D eigenvalue weighted by atomic mass is 16.5. The third kappa shape index (κ3) is 3.12. The fourth-order valence-electron chi connectivity index (χ4n) is 3.17. The highest BCUT2D eigenvalue weighted by molar-refractivity contribution is 5.83. The predicted molar refractivity (Wildman–Crippen MR) is 93.5 cm³/mol. The quantitative estimate of drug-likeness (QED) is 0.911. The maximum atomic E-state index is 5.91. The van der Waals surface area contributed by atoms with Crippen molar-refractivity contribution < 1.29 is 14.0 Å². The SMILES string of the molecule is CCOc1cccc2c1OCC(c1nc(C3CNCCN3C)no1)=C2. The first-order valence-electron chi connectivity index (χ1n) is 8.60. The van der Waals surface area contributed by atoms with Gasteiger partial charge in [-0.3, -0.25) is 4.90 Å². The van der Waals surface area contributed by atoms with Gasteiger partial charge in [-0.15, -0.1) is 0 Å². The van der Waals surface area contributed by atoms with E-state index in [0.717, 1.165) is 42.3 Å². The molecule has 1 fully saturated rings. The minimum absolute atomic E-state index is 0.133. The zero-order valence-electron chi connectivity index (χ0n) is 14.5. The van der Waals surface area contributed by atoms with E-state index in [1.807, 2.05) is 31.2 Å². The van der Waals surface area contributed by atoms with Crippen LogP contribution < -0.4 is 14.8 Å². The number of nitrogens with one attached hydrogen (secondary N) is 1. The molecule has 4 rings (SSSR count). The second kappa shape index (κ2) is 6.85. The Balaban J connectivity index is 1.60. The van der Waals surface area contributed by atoms with Gasteiger partial charge in [-0.2, -0.15) is 4.98 Å². The molecule has 2 aliphatic heterocycles. The van der Waals surface area contributed by atoms with Gasteiger partial charge in [0.25, 0.3) is 5.89 Å². The Kier molecular flexibility index (Phi) is 4.42. The number of rotatable bonds is 4. The molecule has 2 aliphatic rings. The minimum Gasteiger partial charge on any atom is -0.490 e. The molecule has 1 unspecified atom stereocenters. The summed E-state index contributed by atoms with van der Waals surface area (Å²) in [6, 6.07) is 5.99. The maximum Gasteiger partial charge on any atom is 0.257 e. The Labute approximate surface area is 146 Å². The van der Waals surface area contributed by atoms with Gasteiger partial charge in [-0.25, -0.2) is 0 Å². The fourth-order valence-corrected chi connectivity index (χ4v) is 3.17. The Morgan fingerprint density at radius 1 is 1.40 bits per heavy atom. The Morgan fingerprint density at radius 3 is 3.16 bits per heavy atom. The molecule has 2 aromatic rings. The van der Waals surface area contributed by atoms with Crippen LogP contribution in [0.1, 0.15) is 30.2 Å². The Hall–Kier alpha value is -2.38. The number of likely N-dealkylation sites (N-methyl/N-ethyl adjacent to an activating group) is 1. The number of para-hydroxylation sites is 1. The summed E-state index contributed by atoms with van der Waals surface area (Å²) < 4.78 is 17.0. The van der Waals surface area contributed by atoms with Crippen LogP contribution in [0.25, 0.3) is 11.6 Å². The zero-order chi connectivity index (χ0) is 17.2. The summed E-state index contributed by atoms with van der Waals surface area (Å²) in [5.41, 5.74) is 1.84. The van der Waals surface area contributed by atoms with E-state index < -0.39 is 0 Å². The number of nitrogens with zero attached hydrogens (tertiary/aromatic N) is 3. The van der Waals surface area contributed by atoms with Crippen LogP contribution in [0.4, 0.5) is 0 Å². The van der Waals surface area contributed by atoms with Crippen molar-refractivity contribution in [2.75, 3.05) is 39.9 Å². The van der Waals surface area contributed by atoms with E-state index in [9.17, 15) is 0 Å². The smallest absolute Gasteiger partial charge is 0.257 e. The molecule has 1 aromatic heterocycles. The van der Waals surface area contributed by atoms with Crippen molar-refractivity contribution in [3.05, 3.63) is 35.5 Å². The van der Waals surface area contributed by atoms with Crippen LogP contribution in [0.15, 0.2) is 22.7 Å². The Morgan fingerprint density at radius 2 is 2.32 bits per heavy atom. The van der Waals surface area contributed by atoms with Crippen molar-refractivity contribution in [2.24, 2.45) is 0 Å². The highest BCUT2D eigenvalue weighted by Gasteiger charge is 2.27. The second-order valence-corrected chi connectivity index (χ2v) is 6.22. The number of hydrogen-bond acceptors (Lipinski definition) is 7. The first-order chi connectivity index (χ1) is 12.3. The summed E-state index contributed by atoms with van der Waals surface area (Å²) in [4.78, 5) is 6.84. The van der Waals surface area contributed by atoms with Gasteiger partial charge in [0, 0.05) is 25.2 Å². The fraction of sp³-hybridized carbons (Fsp3) is 0.444. The summed E-state index contributed by atoms with van der Waals surface area (Å²) in [6.45, 7) is 5.72. The van der Waals surface area contributed by atoms with Crippen molar-refractivity contribution in [3.63, 3.8) is 0 Å². The summed E-state index contributed by atoms with van der Waals surface area (Å²) in [5.74, 6) is 2.75. The molecule has 7 heteroatoms. The van der Waals surface area contributed by atoms with E-state index in [0.29, 0.717) is 24.9 Å². The molecule has 1 N–H and O–H groups in total. The molecule has 0 saturated carbocycles. The van der Waals surface area contributed by atoms with Gasteiger partial charge in [-0.1, -0.05) is 17.3 Å². The second-order valence-electron chi connectivity index (χ2n) is 6.22. The third-order valence-electron chi connectivity index (χ3n) is 4.54. The molecule has 7 nitrogen and oxygen atoms in total. The van der Waals surface area contributed by atoms with Gasteiger partial charge in [-0.05, 0) is 26.1 Å². The van der Waals surface area contributed by atoms with E-state index in [1.165, 1.54) is 0 Å². The molecule has 0 aliphatic carbocycles. The molecule has 132 valence electrons. The van der Waals surface area contributed by atoms with Crippen LogP contribution in [-0.4, -0.2) is 54.9 Å². The molecule has 0 bridgehead atoms. The van der Waals surface area contributed by atoms with Crippen molar-refractivity contribution in [1.29, 1.82) is 0 Å². The van der Waals surface area contributed by atoms with Crippen LogP contribution in [0, 0.1) is 0 Å². The Bertz CT molecular complexity index is 786. The lowest BCUT2D eigenvalue weighted by molar-refractivity contribution is 0.190. The summed E-state index contributed by atoms with van der Waals surface area (Å²) in [6.07, 6.45) is 2.03. The van der Waals surface area contributed by atoms with E-state index in [2.05, 4.69) is 27.4 Å². The van der Waals surface area contributed by atoms with Crippen molar-refractivity contribution in [3.8, 4) is 11.5 Å². The lowest BCUT2D eigenvalue weighted by atomic mass is 10.1. The average molecular weight is 342 g/mol. The monoisotopic (exact) mass is 342 g/mol. The lowest BCUT2D eigenvalue weighted by Gasteiger charge is -2.30. The van der Waals surface area contributed by atoms with Gasteiger partial charge >= 0.3 is 0 Å². The molecule has 3 heterocycles. The van der Waals surface area contributed by atoms with Crippen LogP contribution in [0.5, 0.6) is 11.5 Å². The molecule has 0 radical (unpaired) electrons. The number of fused-ring (bicyclic) bond motifs is 1. The maximum absolute atomic E-state index is 5.91. The van der Waals surface area contributed by atoms with Gasteiger partial charge in [0.2, 0.25) is 0 Å². The van der Waals surface area contributed by atoms with Crippen molar-refractivity contribution >= 4 is 11.6 Å². The van der Waals surface area contributed by atoms with Crippen LogP contribution in [0.2, 0.25) is 0 Å². The topological polar surface area (TPSA) is 72.7 Å². The number of aromatic nitrogens is 2. The molecule has 0 spiro atoms. The van der Waals surface area contributed by atoms with E-state index in [4.69, 9.17) is 14.0 Å². The summed E-state index contributed by atoms with van der Waals surface area (Å²) >= 11 is 0. The molecule has 1 saturated heterocycles. The number of ether oxygens (including phenoxy) is 2.